The van der Waals surface area contributed by atoms with E-state index in [4.69, 9.17) is 5.73 Å². The van der Waals surface area contributed by atoms with Crippen LogP contribution in [-0.4, -0.2) is 17.9 Å². The maximum Gasteiger partial charge on any atom is 0.410 e. The number of carbonyl (C=O) groups excluding carboxylic acids is 1. The fourth-order valence-corrected chi connectivity index (χ4v) is 0.713. The van der Waals surface area contributed by atoms with Crippen molar-refractivity contribution in [1.82, 2.24) is 4.98 Å². The largest absolute Gasteiger partial charge is 0.461 e. The number of halogens is 1. The van der Waals surface area contributed by atoms with Crippen molar-refractivity contribution in [2.45, 2.75) is 0 Å². The second-order valence-corrected chi connectivity index (χ2v) is 2.03. The topological polar surface area (TPSA) is 74.4 Å². The number of rotatable bonds is 3. The highest BCUT2D eigenvalue weighted by atomic mass is 19.1. The summed E-state index contributed by atoms with van der Waals surface area (Å²) in [5, 5.41) is 0. The monoisotopic (exact) mass is 186 g/mol. The van der Waals surface area contributed by atoms with Crippen molar-refractivity contribution < 1.29 is 18.7 Å². The number of pyridine rings is 1. The fourth-order valence-electron chi connectivity index (χ4n) is 0.713. The lowest BCUT2D eigenvalue weighted by atomic mass is 10.4. The molecular formula is C7H7FN2O3. The molecule has 6 heteroatoms. The minimum atomic E-state index is -0.971. The van der Waals surface area contributed by atoms with E-state index < -0.39 is 13.0 Å². The molecule has 0 aliphatic carbocycles. The molecule has 1 rings (SSSR count). The molecule has 2 N–H and O–H groups in total. The molecule has 0 saturated heterocycles. The van der Waals surface area contributed by atoms with E-state index in [0.717, 1.165) is 0 Å². The molecule has 0 fully saturated rings. The van der Waals surface area contributed by atoms with Crippen LogP contribution in [0.2, 0.25) is 0 Å². The molecule has 0 aromatic carbocycles. The molecule has 0 saturated carbocycles. The van der Waals surface area contributed by atoms with E-state index in [1.165, 1.54) is 18.5 Å². The van der Waals surface area contributed by atoms with E-state index >= 15 is 0 Å². The molecule has 5 nitrogen and oxygen atoms in total. The Bertz CT molecular complexity index is 306. The molecule has 1 aromatic rings. The SMILES string of the molecule is NC(=O)Oc1cncc(OCF)c1. The average Bonchev–Trinajstić information content (AvgIpc) is 2.04. The summed E-state index contributed by atoms with van der Waals surface area (Å²) in [6, 6.07) is 1.30. The molecule has 0 unspecified atom stereocenters. The number of nitrogens with zero attached hydrogens (tertiary/aromatic N) is 1. The molecule has 0 atom stereocenters. The van der Waals surface area contributed by atoms with Gasteiger partial charge in [0.15, 0.2) is 5.75 Å². The maximum absolute atomic E-state index is 11.7. The maximum atomic E-state index is 11.7. The van der Waals surface area contributed by atoms with Crippen molar-refractivity contribution in [2.75, 3.05) is 6.86 Å². The van der Waals surface area contributed by atoms with Gasteiger partial charge < -0.3 is 15.2 Å². The van der Waals surface area contributed by atoms with Crippen LogP contribution in [0.15, 0.2) is 18.5 Å². The Balaban J connectivity index is 2.73. The van der Waals surface area contributed by atoms with Crippen LogP contribution in [0.3, 0.4) is 0 Å². The summed E-state index contributed by atoms with van der Waals surface area (Å²) in [6.07, 6.45) is 1.59. The van der Waals surface area contributed by atoms with Gasteiger partial charge in [-0.1, -0.05) is 0 Å². The molecule has 0 aliphatic rings. The molecule has 0 bridgehead atoms. The Morgan fingerprint density at radius 1 is 1.54 bits per heavy atom. The lowest BCUT2D eigenvalue weighted by molar-refractivity contribution is 0.190. The molecule has 0 aliphatic heterocycles. The summed E-state index contributed by atoms with van der Waals surface area (Å²) >= 11 is 0. The van der Waals surface area contributed by atoms with Gasteiger partial charge in [0, 0.05) is 6.07 Å². The zero-order chi connectivity index (χ0) is 9.68. The lowest BCUT2D eigenvalue weighted by Crippen LogP contribution is -2.16. The molecule has 1 amide bonds. The van der Waals surface area contributed by atoms with Crippen LogP contribution in [0.1, 0.15) is 0 Å². The summed E-state index contributed by atoms with van der Waals surface area (Å²) in [5.74, 6) is 0.278. The number of ether oxygens (including phenoxy) is 2. The Kier molecular flexibility index (Phi) is 3.02. The fraction of sp³-hybridized carbons (Fsp3) is 0.143. The van der Waals surface area contributed by atoms with E-state index in [-0.39, 0.29) is 11.5 Å². The van der Waals surface area contributed by atoms with Gasteiger partial charge in [0.1, 0.15) is 5.75 Å². The van der Waals surface area contributed by atoms with Crippen molar-refractivity contribution in [2.24, 2.45) is 5.73 Å². The van der Waals surface area contributed by atoms with Crippen molar-refractivity contribution in [1.29, 1.82) is 0 Å². The zero-order valence-corrected chi connectivity index (χ0v) is 6.57. The van der Waals surface area contributed by atoms with Crippen LogP contribution in [0, 0.1) is 0 Å². The molecule has 1 heterocycles. The summed E-state index contributed by atoms with van der Waals surface area (Å²) in [6.45, 7) is -0.971. The van der Waals surface area contributed by atoms with Gasteiger partial charge in [-0.05, 0) is 0 Å². The third-order valence-electron chi connectivity index (χ3n) is 1.13. The number of amides is 1. The number of hydrogen-bond donors (Lipinski definition) is 1. The molecule has 70 valence electrons. The average molecular weight is 186 g/mol. The van der Waals surface area contributed by atoms with Crippen LogP contribution in [-0.2, 0) is 0 Å². The second kappa shape index (κ2) is 4.24. The minimum absolute atomic E-state index is 0.110. The number of aromatic nitrogens is 1. The van der Waals surface area contributed by atoms with Gasteiger partial charge in [0.2, 0.25) is 6.86 Å². The van der Waals surface area contributed by atoms with Gasteiger partial charge in [-0.3, -0.25) is 4.98 Å². The van der Waals surface area contributed by atoms with E-state index in [0.29, 0.717) is 0 Å². The number of alkyl halides is 1. The quantitative estimate of drug-likeness (QED) is 0.759. The van der Waals surface area contributed by atoms with E-state index in [2.05, 4.69) is 14.5 Å². The van der Waals surface area contributed by atoms with Crippen LogP contribution < -0.4 is 15.2 Å². The number of carbonyl (C=O) groups is 1. The highest BCUT2D eigenvalue weighted by molar-refractivity contribution is 5.68. The Labute approximate surface area is 73.3 Å². The van der Waals surface area contributed by atoms with Gasteiger partial charge in [0.05, 0.1) is 12.4 Å². The predicted molar refractivity (Wildman–Crippen MR) is 41.1 cm³/mol. The number of primary amides is 1. The van der Waals surface area contributed by atoms with Crippen molar-refractivity contribution in [3.8, 4) is 11.5 Å². The standard InChI is InChI=1S/C7H7FN2O3/c8-4-12-5-1-6(3-10-2-5)13-7(9)11/h1-3H,4H2,(H2,9,11). The molecule has 13 heavy (non-hydrogen) atoms. The van der Waals surface area contributed by atoms with E-state index in [1.54, 1.807) is 0 Å². The number of hydrogen-bond acceptors (Lipinski definition) is 4. The van der Waals surface area contributed by atoms with Gasteiger partial charge in [0.25, 0.3) is 0 Å². The predicted octanol–water partition coefficient (Wildman–Crippen LogP) is 0.845. The van der Waals surface area contributed by atoms with Crippen LogP contribution in [0.25, 0.3) is 0 Å². The third-order valence-corrected chi connectivity index (χ3v) is 1.13. The third kappa shape index (κ3) is 2.94. The summed E-state index contributed by atoms with van der Waals surface area (Å²) in [4.78, 5) is 13.9. The lowest BCUT2D eigenvalue weighted by Gasteiger charge is -2.02. The first-order valence-electron chi connectivity index (χ1n) is 3.33. The van der Waals surface area contributed by atoms with Gasteiger partial charge in [-0.15, -0.1) is 0 Å². The van der Waals surface area contributed by atoms with Crippen molar-refractivity contribution >= 4 is 6.09 Å². The van der Waals surface area contributed by atoms with Crippen LogP contribution >= 0.6 is 0 Å². The smallest absolute Gasteiger partial charge is 0.410 e. The summed E-state index contributed by atoms with van der Waals surface area (Å²) in [5.41, 5.74) is 4.74. The Morgan fingerprint density at radius 3 is 2.85 bits per heavy atom. The zero-order valence-electron chi connectivity index (χ0n) is 6.57. The van der Waals surface area contributed by atoms with Crippen LogP contribution in [0.4, 0.5) is 9.18 Å². The van der Waals surface area contributed by atoms with Gasteiger partial charge in [-0.25, -0.2) is 9.18 Å². The Hall–Kier alpha value is -1.85. The summed E-state index contributed by atoms with van der Waals surface area (Å²) < 4.78 is 20.6. The number of nitrogens with two attached hydrogens (primary N) is 1. The first-order valence-corrected chi connectivity index (χ1v) is 3.33. The minimum Gasteiger partial charge on any atom is -0.461 e. The normalized spacial score (nSPS) is 9.31. The van der Waals surface area contributed by atoms with Crippen molar-refractivity contribution in [3.63, 3.8) is 0 Å². The van der Waals surface area contributed by atoms with Crippen molar-refractivity contribution in [3.05, 3.63) is 18.5 Å². The molecular weight excluding hydrogens is 179 g/mol. The molecule has 1 aromatic heterocycles. The second-order valence-electron chi connectivity index (χ2n) is 2.03. The Morgan fingerprint density at radius 2 is 2.23 bits per heavy atom. The highest BCUT2D eigenvalue weighted by Gasteiger charge is 2.01. The van der Waals surface area contributed by atoms with Gasteiger partial charge in [-0.2, -0.15) is 0 Å². The first-order chi connectivity index (χ1) is 6.22. The molecule has 0 radical (unpaired) electrons. The van der Waals surface area contributed by atoms with Crippen LogP contribution in [0.5, 0.6) is 11.5 Å². The first kappa shape index (κ1) is 9.24. The van der Waals surface area contributed by atoms with E-state index in [9.17, 15) is 9.18 Å². The van der Waals surface area contributed by atoms with E-state index in [1.807, 2.05) is 0 Å². The molecule has 0 spiro atoms. The summed E-state index contributed by atoms with van der Waals surface area (Å²) in [7, 11) is 0. The highest BCUT2D eigenvalue weighted by Crippen LogP contribution is 2.17. The van der Waals surface area contributed by atoms with Gasteiger partial charge >= 0.3 is 6.09 Å².